The summed E-state index contributed by atoms with van der Waals surface area (Å²) in [6, 6.07) is 10.8. The molecule has 0 saturated heterocycles. The maximum absolute atomic E-state index is 5.61. The molecule has 0 aliphatic rings. The van der Waals surface area contributed by atoms with E-state index in [1.165, 1.54) is 11.1 Å². The average molecular weight is 244 g/mol. The molecule has 0 aliphatic heterocycles. The van der Waals surface area contributed by atoms with Crippen molar-refractivity contribution in [2.45, 2.75) is 25.3 Å². The minimum absolute atomic E-state index is 0.286. The van der Waals surface area contributed by atoms with Gasteiger partial charge in [-0.15, -0.1) is 0 Å². The van der Waals surface area contributed by atoms with Crippen molar-refractivity contribution >= 4 is 0 Å². The standard InChI is InChI=1S/C14H20N4/c1-18-11-13(10-16-18)9-14(17-15)8-7-12-5-3-2-4-6-12/h2-6,10-11,14,17H,7-9,15H2,1H3. The molecular formula is C14H20N4. The zero-order valence-electron chi connectivity index (χ0n) is 10.7. The summed E-state index contributed by atoms with van der Waals surface area (Å²) in [5.74, 6) is 5.61. The van der Waals surface area contributed by atoms with Crippen molar-refractivity contribution in [1.29, 1.82) is 0 Å². The third-order valence-electron chi connectivity index (χ3n) is 3.10. The summed E-state index contributed by atoms with van der Waals surface area (Å²) in [6.45, 7) is 0. The number of nitrogens with one attached hydrogen (secondary N) is 1. The third kappa shape index (κ3) is 3.68. The molecule has 4 nitrogen and oxygen atoms in total. The van der Waals surface area contributed by atoms with Gasteiger partial charge < -0.3 is 0 Å². The van der Waals surface area contributed by atoms with Gasteiger partial charge in [0.15, 0.2) is 0 Å². The van der Waals surface area contributed by atoms with E-state index in [1.807, 2.05) is 30.2 Å². The number of hydrazine groups is 1. The molecule has 1 atom stereocenters. The van der Waals surface area contributed by atoms with Crippen molar-refractivity contribution in [1.82, 2.24) is 15.2 Å². The van der Waals surface area contributed by atoms with Crippen molar-refractivity contribution in [2.24, 2.45) is 12.9 Å². The van der Waals surface area contributed by atoms with Crippen LogP contribution in [0.1, 0.15) is 17.5 Å². The third-order valence-corrected chi connectivity index (χ3v) is 3.10. The predicted molar refractivity (Wildman–Crippen MR) is 72.8 cm³/mol. The van der Waals surface area contributed by atoms with Crippen molar-refractivity contribution in [3.8, 4) is 0 Å². The Morgan fingerprint density at radius 2 is 2.06 bits per heavy atom. The zero-order chi connectivity index (χ0) is 12.8. The Hall–Kier alpha value is -1.65. The second kappa shape index (κ2) is 6.33. The maximum atomic E-state index is 5.61. The highest BCUT2D eigenvalue weighted by molar-refractivity contribution is 5.15. The number of rotatable bonds is 6. The molecule has 0 saturated carbocycles. The lowest BCUT2D eigenvalue weighted by Crippen LogP contribution is -2.37. The van der Waals surface area contributed by atoms with E-state index in [4.69, 9.17) is 5.84 Å². The quantitative estimate of drug-likeness (QED) is 0.597. The van der Waals surface area contributed by atoms with Crippen LogP contribution in [0.5, 0.6) is 0 Å². The number of aromatic nitrogens is 2. The highest BCUT2D eigenvalue weighted by Gasteiger charge is 2.09. The average Bonchev–Trinajstić information content (AvgIpc) is 2.81. The minimum Gasteiger partial charge on any atom is -0.276 e. The number of hydrogen-bond donors (Lipinski definition) is 2. The highest BCUT2D eigenvalue weighted by Crippen LogP contribution is 2.09. The second-order valence-electron chi connectivity index (χ2n) is 4.61. The molecule has 0 amide bonds. The number of aryl methyl sites for hydroxylation is 2. The van der Waals surface area contributed by atoms with E-state index in [0.29, 0.717) is 0 Å². The molecule has 2 aromatic rings. The molecule has 0 aliphatic carbocycles. The largest absolute Gasteiger partial charge is 0.276 e. The van der Waals surface area contributed by atoms with E-state index in [0.717, 1.165) is 19.3 Å². The van der Waals surface area contributed by atoms with E-state index in [9.17, 15) is 0 Å². The van der Waals surface area contributed by atoms with E-state index in [2.05, 4.69) is 34.8 Å². The molecular weight excluding hydrogens is 224 g/mol. The van der Waals surface area contributed by atoms with Crippen LogP contribution in [0.15, 0.2) is 42.7 Å². The summed E-state index contributed by atoms with van der Waals surface area (Å²) >= 11 is 0. The van der Waals surface area contributed by atoms with E-state index < -0.39 is 0 Å². The molecule has 1 aromatic heterocycles. The molecule has 0 bridgehead atoms. The first kappa shape index (κ1) is 12.8. The summed E-state index contributed by atoms with van der Waals surface area (Å²) in [4.78, 5) is 0. The van der Waals surface area contributed by atoms with Crippen LogP contribution in [-0.4, -0.2) is 15.8 Å². The molecule has 0 fully saturated rings. The van der Waals surface area contributed by atoms with E-state index in [1.54, 1.807) is 0 Å². The van der Waals surface area contributed by atoms with Crippen LogP contribution in [0.2, 0.25) is 0 Å². The molecule has 0 spiro atoms. The van der Waals surface area contributed by atoms with Gasteiger partial charge >= 0.3 is 0 Å². The Labute approximate surface area is 108 Å². The van der Waals surface area contributed by atoms with Gasteiger partial charge in [-0.05, 0) is 30.4 Å². The molecule has 96 valence electrons. The van der Waals surface area contributed by atoms with E-state index in [-0.39, 0.29) is 6.04 Å². The van der Waals surface area contributed by atoms with Crippen LogP contribution in [-0.2, 0) is 19.9 Å². The molecule has 2 rings (SSSR count). The van der Waals surface area contributed by atoms with Gasteiger partial charge in [-0.25, -0.2) is 0 Å². The number of nitrogens with zero attached hydrogens (tertiary/aromatic N) is 2. The lowest BCUT2D eigenvalue weighted by Gasteiger charge is -2.14. The SMILES string of the molecule is Cn1cc(CC(CCc2ccccc2)NN)cn1. The van der Waals surface area contributed by atoms with Crippen molar-refractivity contribution in [3.63, 3.8) is 0 Å². The fourth-order valence-corrected chi connectivity index (χ4v) is 2.09. The van der Waals surface area contributed by atoms with Gasteiger partial charge in [0.1, 0.15) is 0 Å². The molecule has 1 unspecified atom stereocenters. The topological polar surface area (TPSA) is 55.9 Å². The molecule has 1 aromatic carbocycles. The van der Waals surface area contributed by atoms with Crippen LogP contribution < -0.4 is 11.3 Å². The molecule has 0 radical (unpaired) electrons. The minimum atomic E-state index is 0.286. The molecule has 4 heteroatoms. The summed E-state index contributed by atoms with van der Waals surface area (Å²) in [7, 11) is 1.93. The fourth-order valence-electron chi connectivity index (χ4n) is 2.09. The van der Waals surface area contributed by atoms with Crippen LogP contribution in [0, 0.1) is 0 Å². The van der Waals surface area contributed by atoms with Crippen LogP contribution in [0.3, 0.4) is 0 Å². The van der Waals surface area contributed by atoms with Gasteiger partial charge in [-0.1, -0.05) is 30.3 Å². The van der Waals surface area contributed by atoms with Crippen LogP contribution >= 0.6 is 0 Å². The highest BCUT2D eigenvalue weighted by atomic mass is 15.2. The summed E-state index contributed by atoms with van der Waals surface area (Å²) in [5.41, 5.74) is 5.46. The monoisotopic (exact) mass is 244 g/mol. The predicted octanol–water partition coefficient (Wildman–Crippen LogP) is 1.43. The Balaban J connectivity index is 1.86. The molecule has 3 N–H and O–H groups in total. The Morgan fingerprint density at radius 3 is 2.67 bits per heavy atom. The smallest absolute Gasteiger partial charge is 0.0522 e. The number of benzene rings is 1. The van der Waals surface area contributed by atoms with Gasteiger partial charge in [0.2, 0.25) is 0 Å². The van der Waals surface area contributed by atoms with Crippen LogP contribution in [0.25, 0.3) is 0 Å². The first-order valence-corrected chi connectivity index (χ1v) is 6.25. The van der Waals surface area contributed by atoms with Gasteiger partial charge in [-0.2, -0.15) is 5.10 Å². The maximum Gasteiger partial charge on any atom is 0.0522 e. The van der Waals surface area contributed by atoms with Crippen LogP contribution in [0.4, 0.5) is 0 Å². The lowest BCUT2D eigenvalue weighted by atomic mass is 10.0. The Kier molecular flexibility index (Phi) is 4.50. The first-order chi connectivity index (χ1) is 8.78. The van der Waals surface area contributed by atoms with Crippen molar-refractivity contribution in [3.05, 3.63) is 53.9 Å². The number of nitrogens with two attached hydrogens (primary N) is 1. The summed E-state index contributed by atoms with van der Waals surface area (Å²) < 4.78 is 1.82. The number of hydrogen-bond acceptors (Lipinski definition) is 3. The van der Waals surface area contributed by atoms with Gasteiger partial charge in [0, 0.05) is 19.3 Å². The van der Waals surface area contributed by atoms with Crippen molar-refractivity contribution < 1.29 is 0 Å². The summed E-state index contributed by atoms with van der Waals surface area (Å²) in [6.07, 6.45) is 6.91. The Bertz CT molecular complexity index is 464. The normalized spacial score (nSPS) is 12.6. The Morgan fingerprint density at radius 1 is 1.28 bits per heavy atom. The lowest BCUT2D eigenvalue weighted by molar-refractivity contribution is 0.491. The van der Waals surface area contributed by atoms with Crippen molar-refractivity contribution in [2.75, 3.05) is 0 Å². The second-order valence-corrected chi connectivity index (χ2v) is 4.61. The summed E-state index contributed by atoms with van der Waals surface area (Å²) in [5, 5.41) is 4.17. The fraction of sp³-hybridized carbons (Fsp3) is 0.357. The zero-order valence-corrected chi connectivity index (χ0v) is 10.7. The van der Waals surface area contributed by atoms with E-state index >= 15 is 0 Å². The van der Waals surface area contributed by atoms with Gasteiger partial charge in [0.25, 0.3) is 0 Å². The van der Waals surface area contributed by atoms with Gasteiger partial charge in [0.05, 0.1) is 6.20 Å². The first-order valence-electron chi connectivity index (χ1n) is 6.25. The molecule has 1 heterocycles. The molecule has 18 heavy (non-hydrogen) atoms. The van der Waals surface area contributed by atoms with Gasteiger partial charge in [-0.3, -0.25) is 16.0 Å².